The van der Waals surface area contributed by atoms with Crippen molar-refractivity contribution in [2.24, 2.45) is 11.7 Å². The van der Waals surface area contributed by atoms with Gasteiger partial charge in [-0.05, 0) is 61.9 Å². The van der Waals surface area contributed by atoms with E-state index >= 15 is 0 Å². The number of primary amides is 1. The van der Waals surface area contributed by atoms with Crippen LogP contribution in [0.4, 0.5) is 24.8 Å². The second-order valence-electron chi connectivity index (χ2n) is 9.80. The molecule has 0 bridgehead atoms. The first-order valence-corrected chi connectivity index (χ1v) is 13.2. The molecule has 3 aromatic heterocycles. The highest BCUT2D eigenvalue weighted by Crippen LogP contribution is 2.43. The molecule has 3 heterocycles. The average molecular weight is 575 g/mol. The molecule has 1 aliphatic rings. The molecule has 210 valence electrons. The number of aryl methyl sites for hydroxylation is 1. The van der Waals surface area contributed by atoms with Crippen molar-refractivity contribution in [3.05, 3.63) is 75.1 Å². The largest absolute Gasteiger partial charge is 0.433 e. The summed E-state index contributed by atoms with van der Waals surface area (Å²) in [7, 11) is 0. The number of hydrogen-bond acceptors (Lipinski definition) is 9. The monoisotopic (exact) mass is 574 g/mol. The molecule has 1 amide bonds. The maximum Gasteiger partial charge on any atom is 0.433 e. The van der Waals surface area contributed by atoms with E-state index < -0.39 is 23.0 Å². The Labute approximate surface area is 229 Å². The van der Waals surface area contributed by atoms with Crippen molar-refractivity contribution >= 4 is 28.9 Å². The van der Waals surface area contributed by atoms with Gasteiger partial charge in [0.2, 0.25) is 11.9 Å². The van der Waals surface area contributed by atoms with Crippen LogP contribution in [0, 0.1) is 12.8 Å². The zero-order valence-corrected chi connectivity index (χ0v) is 22.1. The van der Waals surface area contributed by atoms with Gasteiger partial charge >= 0.3 is 6.18 Å². The molecular formula is C26H25F3N6O4S. The predicted octanol–water partition coefficient (Wildman–Crippen LogP) is 4.41. The number of H-pyrrole nitrogens is 1. The fourth-order valence-electron chi connectivity index (χ4n) is 4.75. The minimum atomic E-state index is -4.68. The summed E-state index contributed by atoms with van der Waals surface area (Å²) in [6, 6.07) is 7.35. The van der Waals surface area contributed by atoms with Crippen LogP contribution >= 0.6 is 11.3 Å². The number of nitrogens with two attached hydrogens (primary N) is 1. The van der Waals surface area contributed by atoms with E-state index in [1.165, 1.54) is 22.3 Å². The van der Waals surface area contributed by atoms with Gasteiger partial charge in [-0.3, -0.25) is 9.59 Å². The third-order valence-corrected chi connectivity index (χ3v) is 8.08. The average Bonchev–Trinajstić information content (AvgIpc) is 3.57. The predicted molar refractivity (Wildman–Crippen MR) is 140 cm³/mol. The van der Waals surface area contributed by atoms with Crippen LogP contribution in [0.1, 0.15) is 47.7 Å². The number of nitrogens with zero attached hydrogens (tertiary/aromatic N) is 4. The van der Waals surface area contributed by atoms with Crippen molar-refractivity contribution in [3.63, 3.8) is 0 Å². The lowest BCUT2D eigenvalue weighted by molar-refractivity contribution is -0.141. The second-order valence-corrected chi connectivity index (χ2v) is 10.8. The van der Waals surface area contributed by atoms with Crippen LogP contribution in [0.3, 0.4) is 0 Å². The standard InChI is InChI=1S/C26H25F3N6O4S/c1-14-8-16(19-12-32-23(40-19)25(38)5-2-15(3-6-25)22(30)37)10-17(9-14)35(13-18-11-21(36)34-39-18)24-31-7-4-20(33-24)26(27,28)29/h4,7-12,15,38H,2-3,5-6,13H2,1H3,(H2,30,37)(H,34,36). The molecule has 40 heavy (non-hydrogen) atoms. The quantitative estimate of drug-likeness (QED) is 0.294. The molecule has 14 heteroatoms. The van der Waals surface area contributed by atoms with Crippen LogP contribution in [-0.2, 0) is 23.1 Å². The molecule has 5 rings (SSSR count). The first kappa shape index (κ1) is 27.5. The highest BCUT2D eigenvalue weighted by Gasteiger charge is 2.39. The molecule has 1 aromatic carbocycles. The Bertz CT molecular complexity index is 1590. The summed E-state index contributed by atoms with van der Waals surface area (Å²) < 4.78 is 45.5. The van der Waals surface area contributed by atoms with Gasteiger partial charge in [0, 0.05) is 30.1 Å². The molecule has 0 spiro atoms. The lowest BCUT2D eigenvalue weighted by Gasteiger charge is -2.33. The number of benzene rings is 1. The minimum Gasteiger partial charge on any atom is -0.383 e. The molecule has 1 aliphatic carbocycles. The van der Waals surface area contributed by atoms with Crippen LogP contribution in [0.25, 0.3) is 10.4 Å². The number of anilines is 2. The van der Waals surface area contributed by atoms with Crippen LogP contribution in [-0.4, -0.2) is 31.1 Å². The van der Waals surface area contributed by atoms with E-state index in [4.69, 9.17) is 10.3 Å². The Morgan fingerprint density at radius 1 is 1.25 bits per heavy atom. The first-order valence-electron chi connectivity index (χ1n) is 12.4. The number of aromatic nitrogens is 4. The summed E-state index contributed by atoms with van der Waals surface area (Å²) in [5.41, 5.74) is 4.59. The number of aromatic amines is 1. The lowest BCUT2D eigenvalue weighted by atomic mass is 9.79. The number of carbonyl (C=O) groups is 1. The van der Waals surface area contributed by atoms with E-state index in [1.54, 1.807) is 18.3 Å². The van der Waals surface area contributed by atoms with Gasteiger partial charge in [0.25, 0.3) is 5.56 Å². The lowest BCUT2D eigenvalue weighted by Crippen LogP contribution is -2.35. The number of nitrogens with one attached hydrogen (secondary N) is 1. The van der Waals surface area contributed by atoms with Crippen LogP contribution < -0.4 is 16.2 Å². The van der Waals surface area contributed by atoms with Gasteiger partial charge in [0.15, 0.2) is 5.76 Å². The summed E-state index contributed by atoms with van der Waals surface area (Å²) in [6.07, 6.45) is -0.382. The van der Waals surface area contributed by atoms with Crippen molar-refractivity contribution in [2.45, 2.75) is 50.9 Å². The zero-order chi connectivity index (χ0) is 28.7. The number of alkyl halides is 3. The maximum absolute atomic E-state index is 13.4. The molecule has 10 nitrogen and oxygen atoms in total. The second kappa shape index (κ2) is 10.5. The van der Waals surface area contributed by atoms with E-state index in [0.29, 0.717) is 41.9 Å². The van der Waals surface area contributed by atoms with E-state index in [2.05, 4.69) is 20.1 Å². The minimum absolute atomic E-state index is 0.127. The van der Waals surface area contributed by atoms with Crippen molar-refractivity contribution in [2.75, 3.05) is 4.90 Å². The number of amides is 1. The first-order chi connectivity index (χ1) is 18.9. The van der Waals surface area contributed by atoms with E-state index in [1.807, 2.05) is 13.0 Å². The van der Waals surface area contributed by atoms with Gasteiger partial charge in [0.05, 0.1) is 11.4 Å². The third kappa shape index (κ3) is 5.77. The molecule has 0 radical (unpaired) electrons. The van der Waals surface area contributed by atoms with Crippen molar-refractivity contribution in [1.82, 2.24) is 20.1 Å². The van der Waals surface area contributed by atoms with Crippen LogP contribution in [0.15, 0.2) is 52.0 Å². The van der Waals surface area contributed by atoms with Crippen molar-refractivity contribution in [3.8, 4) is 10.4 Å². The summed E-state index contributed by atoms with van der Waals surface area (Å²) >= 11 is 1.30. The van der Waals surface area contributed by atoms with E-state index in [9.17, 15) is 27.9 Å². The van der Waals surface area contributed by atoms with Gasteiger partial charge in [-0.25, -0.2) is 15.0 Å². The van der Waals surface area contributed by atoms with Gasteiger partial charge < -0.3 is 20.3 Å². The van der Waals surface area contributed by atoms with Gasteiger partial charge in [-0.2, -0.15) is 18.3 Å². The Balaban J connectivity index is 1.51. The van der Waals surface area contributed by atoms with Crippen LogP contribution in [0.2, 0.25) is 0 Å². The molecule has 1 saturated carbocycles. The topological polar surface area (TPSA) is 151 Å². The van der Waals surface area contributed by atoms with E-state index in [-0.39, 0.29) is 30.1 Å². The van der Waals surface area contributed by atoms with Crippen LogP contribution in [0.5, 0.6) is 0 Å². The van der Waals surface area contributed by atoms with Crippen molar-refractivity contribution < 1.29 is 27.6 Å². The number of halogens is 3. The van der Waals surface area contributed by atoms with Gasteiger partial charge in [-0.15, -0.1) is 11.3 Å². The number of aliphatic hydroxyl groups is 1. The molecule has 0 atom stereocenters. The Morgan fingerprint density at radius 2 is 2.00 bits per heavy atom. The summed E-state index contributed by atoms with van der Waals surface area (Å²) in [4.78, 5) is 37.6. The summed E-state index contributed by atoms with van der Waals surface area (Å²) in [5.74, 6) is -0.710. The normalized spacial score (nSPS) is 19.5. The molecule has 0 unspecified atom stereocenters. The van der Waals surface area contributed by atoms with E-state index in [0.717, 1.165) is 22.7 Å². The number of carbonyl (C=O) groups excluding carboxylic acids is 1. The molecular weight excluding hydrogens is 549 g/mol. The smallest absolute Gasteiger partial charge is 0.383 e. The number of rotatable bonds is 7. The maximum atomic E-state index is 13.4. The number of thiazole rings is 1. The Kier molecular flexibility index (Phi) is 7.23. The summed E-state index contributed by atoms with van der Waals surface area (Å²) in [6.45, 7) is 1.70. The molecule has 0 aliphatic heterocycles. The highest BCUT2D eigenvalue weighted by atomic mass is 32.1. The zero-order valence-electron chi connectivity index (χ0n) is 21.2. The Hall–Kier alpha value is -4.04. The molecule has 0 saturated heterocycles. The fraction of sp³-hybridized carbons (Fsp3) is 0.346. The molecule has 4 N–H and O–H groups in total. The molecule has 1 fully saturated rings. The van der Waals surface area contributed by atoms with Gasteiger partial charge in [-0.1, -0.05) is 6.07 Å². The third-order valence-electron chi connectivity index (χ3n) is 6.84. The van der Waals surface area contributed by atoms with Crippen molar-refractivity contribution in [1.29, 1.82) is 0 Å². The highest BCUT2D eigenvalue weighted by molar-refractivity contribution is 7.15. The SMILES string of the molecule is Cc1cc(-c2cnc(C3(O)CCC(C(N)=O)CC3)s2)cc(N(Cc2cc(=O)[nH]o2)c2nccc(C(F)(F)F)n2)c1. The Morgan fingerprint density at radius 3 is 2.65 bits per heavy atom. The summed E-state index contributed by atoms with van der Waals surface area (Å²) in [5, 5.41) is 13.9. The number of hydrogen-bond donors (Lipinski definition) is 3. The molecule has 4 aromatic rings. The fourth-order valence-corrected chi connectivity index (χ4v) is 5.79. The van der Waals surface area contributed by atoms with Gasteiger partial charge in [0.1, 0.15) is 16.3 Å².